The highest BCUT2D eigenvalue weighted by Gasteiger charge is 2.32. The standard InChI is InChI=1S/C12H16N6O2/c1-9-14-12(15-20-9)10-3-2-6-18(10)11(19)4-7-17-8-5-13-16-17/h5,8,10H,2-4,6-7H2,1H3/t10-/m0/s1. The Balaban J connectivity index is 1.64. The third-order valence-corrected chi connectivity index (χ3v) is 3.44. The number of hydrogen-bond donors (Lipinski definition) is 0. The van der Waals surface area contributed by atoms with Crippen LogP contribution in [0.2, 0.25) is 0 Å². The molecule has 0 bridgehead atoms. The highest BCUT2D eigenvalue weighted by Crippen LogP contribution is 2.30. The average molecular weight is 276 g/mol. The molecule has 2 aromatic rings. The van der Waals surface area contributed by atoms with Gasteiger partial charge in [0, 0.05) is 26.1 Å². The average Bonchev–Trinajstić information content (AvgIpc) is 3.16. The van der Waals surface area contributed by atoms with Crippen LogP contribution in [0.4, 0.5) is 0 Å². The zero-order valence-electron chi connectivity index (χ0n) is 11.3. The highest BCUT2D eigenvalue weighted by atomic mass is 16.5. The quantitative estimate of drug-likeness (QED) is 0.817. The molecular weight excluding hydrogens is 260 g/mol. The molecule has 1 fully saturated rings. The van der Waals surface area contributed by atoms with Crippen LogP contribution >= 0.6 is 0 Å². The first-order valence-electron chi connectivity index (χ1n) is 6.68. The molecule has 1 saturated heterocycles. The Kier molecular flexibility index (Phi) is 3.44. The number of rotatable bonds is 4. The van der Waals surface area contributed by atoms with Gasteiger partial charge in [-0.25, -0.2) is 0 Å². The van der Waals surface area contributed by atoms with Crippen LogP contribution in [-0.2, 0) is 11.3 Å². The third kappa shape index (κ3) is 2.54. The fourth-order valence-electron chi connectivity index (χ4n) is 2.49. The molecule has 8 nitrogen and oxygen atoms in total. The molecule has 106 valence electrons. The Morgan fingerprint density at radius 3 is 3.15 bits per heavy atom. The lowest BCUT2D eigenvalue weighted by atomic mass is 10.2. The first-order chi connectivity index (χ1) is 9.74. The lowest BCUT2D eigenvalue weighted by molar-refractivity contribution is -0.132. The van der Waals surface area contributed by atoms with Gasteiger partial charge in [-0.05, 0) is 12.8 Å². The van der Waals surface area contributed by atoms with Crippen LogP contribution in [0.3, 0.4) is 0 Å². The molecule has 1 aliphatic heterocycles. The molecular formula is C12H16N6O2. The molecule has 1 aliphatic rings. The van der Waals surface area contributed by atoms with Gasteiger partial charge in [0.2, 0.25) is 11.8 Å². The van der Waals surface area contributed by atoms with Gasteiger partial charge in [0.15, 0.2) is 5.82 Å². The Morgan fingerprint density at radius 2 is 2.45 bits per heavy atom. The minimum atomic E-state index is -0.0595. The van der Waals surface area contributed by atoms with Crippen LogP contribution in [0.25, 0.3) is 0 Å². The maximum absolute atomic E-state index is 12.3. The monoisotopic (exact) mass is 276 g/mol. The molecule has 1 atom stereocenters. The van der Waals surface area contributed by atoms with Gasteiger partial charge < -0.3 is 9.42 Å². The minimum Gasteiger partial charge on any atom is -0.340 e. The van der Waals surface area contributed by atoms with Crippen molar-refractivity contribution >= 4 is 5.91 Å². The molecule has 0 unspecified atom stereocenters. The fraction of sp³-hybridized carbons (Fsp3) is 0.583. The summed E-state index contributed by atoms with van der Waals surface area (Å²) in [7, 11) is 0. The van der Waals surface area contributed by atoms with E-state index in [0.29, 0.717) is 24.7 Å². The highest BCUT2D eigenvalue weighted by molar-refractivity contribution is 5.76. The topological polar surface area (TPSA) is 89.9 Å². The van der Waals surface area contributed by atoms with Crippen LogP contribution < -0.4 is 0 Å². The van der Waals surface area contributed by atoms with Crippen molar-refractivity contribution in [3.05, 3.63) is 24.1 Å². The molecule has 1 amide bonds. The molecule has 3 rings (SSSR count). The molecule has 0 spiro atoms. The van der Waals surface area contributed by atoms with Crippen LogP contribution in [-0.4, -0.2) is 42.5 Å². The molecule has 0 aromatic carbocycles. The molecule has 8 heteroatoms. The van der Waals surface area contributed by atoms with E-state index in [4.69, 9.17) is 4.52 Å². The van der Waals surface area contributed by atoms with Gasteiger partial charge in [-0.15, -0.1) is 5.10 Å². The Bertz CT molecular complexity index is 579. The van der Waals surface area contributed by atoms with E-state index in [-0.39, 0.29) is 11.9 Å². The summed E-state index contributed by atoms with van der Waals surface area (Å²) in [6.45, 7) is 3.03. The summed E-state index contributed by atoms with van der Waals surface area (Å²) in [5, 5.41) is 11.5. The number of nitrogens with zero attached hydrogens (tertiary/aromatic N) is 6. The number of aryl methyl sites for hydroxylation is 2. The summed E-state index contributed by atoms with van der Waals surface area (Å²) in [5.74, 6) is 1.22. The zero-order chi connectivity index (χ0) is 13.9. The zero-order valence-corrected chi connectivity index (χ0v) is 11.3. The SMILES string of the molecule is Cc1nc([C@@H]2CCCN2C(=O)CCn2ccnn2)no1. The number of carbonyl (C=O) groups excluding carboxylic acids is 1. The molecule has 0 radical (unpaired) electrons. The van der Waals surface area contributed by atoms with Crippen molar-refractivity contribution in [2.24, 2.45) is 0 Å². The van der Waals surface area contributed by atoms with Gasteiger partial charge in [0.1, 0.15) is 0 Å². The van der Waals surface area contributed by atoms with Gasteiger partial charge in [-0.2, -0.15) is 4.98 Å². The number of carbonyl (C=O) groups is 1. The second-order valence-corrected chi connectivity index (χ2v) is 4.83. The number of likely N-dealkylation sites (tertiary alicyclic amines) is 1. The number of aromatic nitrogens is 5. The van der Waals surface area contributed by atoms with E-state index in [1.54, 1.807) is 24.0 Å². The van der Waals surface area contributed by atoms with E-state index in [9.17, 15) is 4.79 Å². The molecule has 20 heavy (non-hydrogen) atoms. The van der Waals surface area contributed by atoms with Crippen molar-refractivity contribution in [1.82, 2.24) is 30.0 Å². The summed E-state index contributed by atoms with van der Waals surface area (Å²) in [6.07, 6.45) is 5.60. The summed E-state index contributed by atoms with van der Waals surface area (Å²) < 4.78 is 6.66. The largest absolute Gasteiger partial charge is 0.340 e. The van der Waals surface area contributed by atoms with E-state index in [1.807, 2.05) is 4.90 Å². The summed E-state index contributed by atoms with van der Waals surface area (Å²) in [4.78, 5) is 18.4. The number of amides is 1. The fourth-order valence-corrected chi connectivity index (χ4v) is 2.49. The maximum atomic E-state index is 12.3. The first-order valence-corrected chi connectivity index (χ1v) is 6.68. The summed E-state index contributed by atoms with van der Waals surface area (Å²) >= 11 is 0. The molecule has 0 saturated carbocycles. The van der Waals surface area contributed by atoms with Gasteiger partial charge in [0.25, 0.3) is 0 Å². The second kappa shape index (κ2) is 5.40. The van der Waals surface area contributed by atoms with Gasteiger partial charge in [-0.3, -0.25) is 9.48 Å². The molecule has 0 aliphatic carbocycles. The van der Waals surface area contributed by atoms with Crippen molar-refractivity contribution in [3.8, 4) is 0 Å². The van der Waals surface area contributed by atoms with Crippen LogP contribution in [0.1, 0.15) is 37.0 Å². The van der Waals surface area contributed by atoms with Crippen molar-refractivity contribution in [1.29, 1.82) is 0 Å². The minimum absolute atomic E-state index is 0.0595. The summed E-state index contributed by atoms with van der Waals surface area (Å²) in [5.41, 5.74) is 0. The lowest BCUT2D eigenvalue weighted by Gasteiger charge is -2.22. The second-order valence-electron chi connectivity index (χ2n) is 4.83. The Labute approximate surface area is 115 Å². The normalized spacial score (nSPS) is 18.6. The van der Waals surface area contributed by atoms with Gasteiger partial charge in [0.05, 0.1) is 18.8 Å². The maximum Gasteiger partial charge on any atom is 0.225 e. The Hall–Kier alpha value is -2.25. The van der Waals surface area contributed by atoms with Gasteiger partial charge in [-0.1, -0.05) is 10.4 Å². The summed E-state index contributed by atoms with van der Waals surface area (Å²) in [6, 6.07) is -0.0595. The van der Waals surface area contributed by atoms with E-state index < -0.39 is 0 Å². The lowest BCUT2D eigenvalue weighted by Crippen LogP contribution is -2.31. The molecule has 0 N–H and O–H groups in total. The van der Waals surface area contributed by atoms with Crippen LogP contribution in [0.15, 0.2) is 16.9 Å². The van der Waals surface area contributed by atoms with E-state index in [2.05, 4.69) is 20.5 Å². The van der Waals surface area contributed by atoms with Crippen molar-refractivity contribution in [3.63, 3.8) is 0 Å². The third-order valence-electron chi connectivity index (χ3n) is 3.44. The van der Waals surface area contributed by atoms with E-state index in [1.165, 1.54) is 0 Å². The van der Waals surface area contributed by atoms with E-state index >= 15 is 0 Å². The molecule has 3 heterocycles. The van der Waals surface area contributed by atoms with Crippen molar-refractivity contribution in [2.45, 2.75) is 38.8 Å². The van der Waals surface area contributed by atoms with Crippen molar-refractivity contribution in [2.75, 3.05) is 6.54 Å². The predicted molar refractivity (Wildman–Crippen MR) is 67.4 cm³/mol. The predicted octanol–water partition coefficient (Wildman–Crippen LogP) is 0.723. The molecule has 2 aromatic heterocycles. The first kappa shape index (κ1) is 12.8. The Morgan fingerprint density at radius 1 is 1.55 bits per heavy atom. The number of hydrogen-bond acceptors (Lipinski definition) is 6. The van der Waals surface area contributed by atoms with E-state index in [0.717, 1.165) is 19.4 Å². The van der Waals surface area contributed by atoms with Crippen LogP contribution in [0, 0.1) is 6.92 Å². The smallest absolute Gasteiger partial charge is 0.225 e. The van der Waals surface area contributed by atoms with Crippen LogP contribution in [0.5, 0.6) is 0 Å². The van der Waals surface area contributed by atoms with Gasteiger partial charge >= 0.3 is 0 Å². The van der Waals surface area contributed by atoms with Crippen molar-refractivity contribution < 1.29 is 9.32 Å².